The van der Waals surface area contributed by atoms with Crippen LogP contribution >= 0.6 is 0 Å². The smallest absolute Gasteiger partial charge is 0.242 e. The maximum absolute atomic E-state index is 13.2. The Morgan fingerprint density at radius 3 is 2.13 bits per heavy atom. The molecule has 0 heterocycles. The highest BCUT2D eigenvalue weighted by Crippen LogP contribution is 2.10. The zero-order valence-corrected chi connectivity index (χ0v) is 22.8. The first-order valence-electron chi connectivity index (χ1n) is 13.5. The van der Waals surface area contributed by atoms with Gasteiger partial charge in [-0.2, -0.15) is 0 Å². The Morgan fingerprint density at radius 2 is 1.49 bits per heavy atom. The summed E-state index contributed by atoms with van der Waals surface area (Å²) in [7, 11) is 0. The van der Waals surface area contributed by atoms with Gasteiger partial charge in [-0.3, -0.25) is 15.0 Å². The monoisotopic (exact) mass is 528 g/mol. The maximum atomic E-state index is 13.2. The minimum atomic E-state index is -0.686. The van der Waals surface area contributed by atoms with E-state index in [1.165, 1.54) is 5.56 Å². The Balaban J connectivity index is 1.54. The Kier molecular flexibility index (Phi) is 11.5. The van der Waals surface area contributed by atoms with Crippen molar-refractivity contribution in [1.29, 1.82) is 5.41 Å². The van der Waals surface area contributed by atoms with Crippen LogP contribution in [-0.4, -0.2) is 42.8 Å². The molecule has 3 aromatic carbocycles. The number of amides is 2. The second kappa shape index (κ2) is 15.3. The van der Waals surface area contributed by atoms with E-state index in [0.717, 1.165) is 36.2 Å². The van der Waals surface area contributed by atoms with E-state index in [-0.39, 0.29) is 17.6 Å². The van der Waals surface area contributed by atoms with Crippen molar-refractivity contribution in [3.8, 4) is 0 Å². The third-order valence-corrected chi connectivity index (χ3v) is 6.50. The molecule has 0 aromatic heterocycles. The van der Waals surface area contributed by atoms with E-state index in [9.17, 15) is 9.59 Å². The zero-order valence-electron chi connectivity index (χ0n) is 22.8. The van der Waals surface area contributed by atoms with Crippen molar-refractivity contribution in [1.82, 2.24) is 16.0 Å². The molecule has 7 N–H and O–H groups in total. The van der Waals surface area contributed by atoms with Gasteiger partial charge in [0.2, 0.25) is 11.8 Å². The van der Waals surface area contributed by atoms with E-state index in [2.05, 4.69) is 64.6 Å². The fourth-order valence-corrected chi connectivity index (χ4v) is 4.19. The number of hydrogen-bond donors (Lipinski definition) is 6. The van der Waals surface area contributed by atoms with Crippen LogP contribution in [0.25, 0.3) is 0 Å². The Hall–Kier alpha value is -4.17. The molecule has 39 heavy (non-hydrogen) atoms. The van der Waals surface area contributed by atoms with Crippen LogP contribution < -0.4 is 27.0 Å². The lowest BCUT2D eigenvalue weighted by molar-refractivity contribution is -0.129. The third kappa shape index (κ3) is 9.90. The summed E-state index contributed by atoms with van der Waals surface area (Å²) in [5.41, 5.74) is 10.5. The molecule has 8 heteroatoms. The normalized spacial score (nSPS) is 12.3. The van der Waals surface area contributed by atoms with Crippen LogP contribution in [0.5, 0.6) is 0 Å². The minimum Gasteiger partial charge on any atom is -0.385 e. The van der Waals surface area contributed by atoms with E-state index in [0.29, 0.717) is 25.1 Å². The molecule has 2 amide bonds. The van der Waals surface area contributed by atoms with Gasteiger partial charge in [0, 0.05) is 24.3 Å². The van der Waals surface area contributed by atoms with Crippen LogP contribution in [0.2, 0.25) is 0 Å². The molecule has 0 saturated carbocycles. The highest BCUT2D eigenvalue weighted by Gasteiger charge is 2.22. The number of carbonyl (C=O) groups is 2. The molecule has 0 spiro atoms. The Bertz CT molecular complexity index is 1200. The SMILES string of the molecule is CCNc1ccc(CCN[C@H](CCc2ccccc2)C(=O)N[C@@H](C)C(=O)NCc2ccc(C(=N)N)cc2)cc1. The van der Waals surface area contributed by atoms with Crippen LogP contribution in [0, 0.1) is 5.41 Å². The topological polar surface area (TPSA) is 132 Å². The van der Waals surface area contributed by atoms with Crippen molar-refractivity contribution in [3.05, 3.63) is 101 Å². The summed E-state index contributed by atoms with van der Waals surface area (Å²) in [4.78, 5) is 25.9. The second-order valence-electron chi connectivity index (χ2n) is 9.57. The molecule has 0 unspecified atom stereocenters. The molecule has 206 valence electrons. The second-order valence-corrected chi connectivity index (χ2v) is 9.57. The van der Waals surface area contributed by atoms with Gasteiger partial charge >= 0.3 is 0 Å². The van der Waals surface area contributed by atoms with E-state index in [1.54, 1.807) is 19.1 Å². The average Bonchev–Trinajstić information content (AvgIpc) is 2.95. The predicted molar refractivity (Wildman–Crippen MR) is 158 cm³/mol. The van der Waals surface area contributed by atoms with Crippen LogP contribution in [-0.2, 0) is 29.0 Å². The van der Waals surface area contributed by atoms with Crippen molar-refractivity contribution in [2.75, 3.05) is 18.4 Å². The largest absolute Gasteiger partial charge is 0.385 e. The first kappa shape index (κ1) is 29.4. The van der Waals surface area contributed by atoms with Crippen LogP contribution in [0.3, 0.4) is 0 Å². The first-order valence-corrected chi connectivity index (χ1v) is 13.5. The van der Waals surface area contributed by atoms with Crippen molar-refractivity contribution >= 4 is 23.3 Å². The molecular weight excluding hydrogens is 488 g/mol. The molecule has 3 rings (SSSR count). The summed E-state index contributed by atoms with van der Waals surface area (Å²) < 4.78 is 0. The first-order chi connectivity index (χ1) is 18.9. The van der Waals surface area contributed by atoms with Gasteiger partial charge in [-0.25, -0.2) is 0 Å². The van der Waals surface area contributed by atoms with Crippen molar-refractivity contribution in [3.63, 3.8) is 0 Å². The highest BCUT2D eigenvalue weighted by molar-refractivity contribution is 5.95. The fourth-order valence-electron chi connectivity index (χ4n) is 4.19. The van der Waals surface area contributed by atoms with Gasteiger partial charge < -0.3 is 27.0 Å². The maximum Gasteiger partial charge on any atom is 0.242 e. The van der Waals surface area contributed by atoms with E-state index in [1.807, 2.05) is 30.3 Å². The van der Waals surface area contributed by atoms with Gasteiger partial charge in [0.05, 0.1) is 6.04 Å². The van der Waals surface area contributed by atoms with Gasteiger partial charge in [0.1, 0.15) is 11.9 Å². The molecule has 0 fully saturated rings. The lowest BCUT2D eigenvalue weighted by atomic mass is 10.0. The quantitative estimate of drug-likeness (QED) is 0.133. The third-order valence-electron chi connectivity index (χ3n) is 6.50. The van der Waals surface area contributed by atoms with E-state index >= 15 is 0 Å². The molecule has 0 saturated heterocycles. The lowest BCUT2D eigenvalue weighted by Crippen LogP contribution is -2.52. The molecule has 0 aliphatic heterocycles. The Morgan fingerprint density at radius 1 is 0.846 bits per heavy atom. The standard InChI is InChI=1S/C31H40N6O2/c1-3-34-27-16-11-24(12-17-27)19-20-35-28(18-13-23-7-5-4-6-8-23)31(39)37-22(2)30(38)36-21-25-9-14-26(15-10-25)29(32)33/h4-12,14-17,22,28,34-35H,3,13,18-21H2,1-2H3,(H3,32,33)(H,36,38)(H,37,39)/t22-,28+/m0/s1. The Labute approximate surface area is 231 Å². The highest BCUT2D eigenvalue weighted by atomic mass is 16.2. The van der Waals surface area contributed by atoms with Gasteiger partial charge in [-0.05, 0) is 68.5 Å². The van der Waals surface area contributed by atoms with Gasteiger partial charge in [0.25, 0.3) is 0 Å². The molecular formula is C31H40N6O2. The van der Waals surface area contributed by atoms with Gasteiger partial charge in [-0.15, -0.1) is 0 Å². The molecule has 2 atom stereocenters. The van der Waals surface area contributed by atoms with E-state index in [4.69, 9.17) is 11.1 Å². The summed E-state index contributed by atoms with van der Waals surface area (Å²) in [6.07, 6.45) is 2.16. The summed E-state index contributed by atoms with van der Waals surface area (Å²) in [5.74, 6) is -0.456. The number of benzene rings is 3. The molecule has 0 aliphatic rings. The van der Waals surface area contributed by atoms with Crippen molar-refractivity contribution < 1.29 is 9.59 Å². The fraction of sp³-hybridized carbons (Fsp3) is 0.323. The molecule has 8 nitrogen and oxygen atoms in total. The van der Waals surface area contributed by atoms with Crippen molar-refractivity contribution in [2.24, 2.45) is 5.73 Å². The molecule has 3 aromatic rings. The molecule has 0 radical (unpaired) electrons. The lowest BCUT2D eigenvalue weighted by Gasteiger charge is -2.21. The van der Waals surface area contributed by atoms with Crippen LogP contribution in [0.4, 0.5) is 5.69 Å². The van der Waals surface area contributed by atoms with Gasteiger partial charge in [0.15, 0.2) is 0 Å². The van der Waals surface area contributed by atoms with E-state index < -0.39 is 12.1 Å². The van der Waals surface area contributed by atoms with Crippen LogP contribution in [0.15, 0.2) is 78.9 Å². The number of anilines is 1. The number of hydrogen-bond acceptors (Lipinski definition) is 5. The number of nitrogens with one attached hydrogen (secondary N) is 5. The number of nitrogens with two attached hydrogens (primary N) is 1. The summed E-state index contributed by atoms with van der Waals surface area (Å²) in [5, 5.41) is 19.9. The predicted octanol–water partition coefficient (Wildman–Crippen LogP) is 3.36. The number of nitrogen functional groups attached to an aromatic ring is 1. The van der Waals surface area contributed by atoms with Crippen LogP contribution in [0.1, 0.15) is 42.5 Å². The average molecular weight is 529 g/mol. The summed E-state index contributed by atoms with van der Waals surface area (Å²) in [6, 6.07) is 24.4. The minimum absolute atomic E-state index is 0.000437. The number of aryl methyl sites for hydroxylation is 1. The number of rotatable bonds is 15. The summed E-state index contributed by atoms with van der Waals surface area (Å²) in [6.45, 7) is 5.60. The van der Waals surface area contributed by atoms with Gasteiger partial charge in [-0.1, -0.05) is 66.7 Å². The summed E-state index contributed by atoms with van der Waals surface area (Å²) >= 11 is 0. The molecule has 0 bridgehead atoms. The van der Waals surface area contributed by atoms with Crippen molar-refractivity contribution in [2.45, 2.75) is 51.7 Å². The zero-order chi connectivity index (χ0) is 28.0. The number of carbonyl (C=O) groups excluding carboxylic acids is 2. The number of amidine groups is 1. The molecule has 0 aliphatic carbocycles.